The molecule has 2 rings (SSSR count). The molecule has 2 unspecified atom stereocenters. The minimum atomic E-state index is -3.78. The van der Waals surface area contributed by atoms with Crippen molar-refractivity contribution in [2.45, 2.75) is 30.4 Å². The number of nitrogens with one attached hydrogen (secondary N) is 1. The predicted molar refractivity (Wildman–Crippen MR) is 76.5 cm³/mol. The molecule has 3 N–H and O–H groups in total. The number of benzene rings is 1. The van der Waals surface area contributed by atoms with Crippen LogP contribution < -0.4 is 10.5 Å². The molecule has 1 saturated heterocycles. The Bertz CT molecular complexity index is 679. The van der Waals surface area contributed by atoms with Gasteiger partial charge in [0.1, 0.15) is 5.82 Å². The first kappa shape index (κ1) is 15.9. The van der Waals surface area contributed by atoms with Crippen LogP contribution in [0, 0.1) is 17.7 Å². The zero-order valence-corrected chi connectivity index (χ0v) is 12.4. The number of hydrogen-bond acceptors (Lipinski definition) is 4. The molecule has 0 saturated carbocycles. The molecule has 0 bridgehead atoms. The summed E-state index contributed by atoms with van der Waals surface area (Å²) in [5, 5.41) is 0. The molecule has 1 aromatic carbocycles. The van der Waals surface area contributed by atoms with Crippen molar-refractivity contribution in [1.29, 1.82) is 0 Å². The van der Waals surface area contributed by atoms with Gasteiger partial charge in [-0.2, -0.15) is 0 Å². The second kappa shape index (κ2) is 6.54. The lowest BCUT2D eigenvalue weighted by molar-refractivity contribution is 0.117. The second-order valence-electron chi connectivity index (χ2n) is 4.74. The van der Waals surface area contributed by atoms with Gasteiger partial charge < -0.3 is 10.5 Å². The van der Waals surface area contributed by atoms with E-state index in [2.05, 4.69) is 16.6 Å². The number of nitrogens with two attached hydrogens (primary N) is 1. The third kappa shape index (κ3) is 3.80. The van der Waals surface area contributed by atoms with Crippen LogP contribution >= 0.6 is 0 Å². The summed E-state index contributed by atoms with van der Waals surface area (Å²) in [6.45, 7) is 2.42. The van der Waals surface area contributed by atoms with Gasteiger partial charge in [0.05, 0.1) is 29.1 Å². The van der Waals surface area contributed by atoms with E-state index in [0.29, 0.717) is 13.0 Å². The molecule has 21 heavy (non-hydrogen) atoms. The van der Waals surface area contributed by atoms with Crippen LogP contribution in [-0.2, 0) is 14.8 Å². The Morgan fingerprint density at radius 1 is 1.52 bits per heavy atom. The van der Waals surface area contributed by atoms with Crippen molar-refractivity contribution < 1.29 is 17.5 Å². The Hall–Kier alpha value is -1.46. The maximum absolute atomic E-state index is 13.8. The highest BCUT2D eigenvalue weighted by atomic mass is 32.2. The van der Waals surface area contributed by atoms with Gasteiger partial charge in [-0.1, -0.05) is 11.8 Å². The van der Waals surface area contributed by atoms with Crippen molar-refractivity contribution in [2.75, 3.05) is 13.2 Å². The van der Waals surface area contributed by atoms with E-state index < -0.39 is 15.8 Å². The van der Waals surface area contributed by atoms with Gasteiger partial charge in [-0.15, -0.1) is 0 Å². The average molecular weight is 312 g/mol. The molecule has 0 amide bonds. The lowest BCUT2D eigenvalue weighted by Gasteiger charge is -2.16. The standard InChI is InChI=1S/C14H17FN2O3S/c1-10-14(6-8-20-10)17-21(18,19)12-5-4-11(3-2-7-16)13(15)9-12/h4-5,9-10,14,17H,6-8,16H2,1H3. The Morgan fingerprint density at radius 3 is 2.86 bits per heavy atom. The van der Waals surface area contributed by atoms with Gasteiger partial charge in [0.15, 0.2) is 0 Å². The summed E-state index contributed by atoms with van der Waals surface area (Å²) in [4.78, 5) is -0.127. The predicted octanol–water partition coefficient (Wildman–Crippen LogP) is 0.592. The summed E-state index contributed by atoms with van der Waals surface area (Å²) in [5.74, 6) is 4.38. The van der Waals surface area contributed by atoms with Gasteiger partial charge in [-0.25, -0.2) is 17.5 Å². The summed E-state index contributed by atoms with van der Waals surface area (Å²) < 4.78 is 46.1. The van der Waals surface area contributed by atoms with E-state index in [1.165, 1.54) is 12.1 Å². The van der Waals surface area contributed by atoms with Crippen molar-refractivity contribution >= 4 is 10.0 Å². The zero-order valence-electron chi connectivity index (χ0n) is 11.6. The van der Waals surface area contributed by atoms with Crippen LogP contribution in [0.25, 0.3) is 0 Å². The van der Waals surface area contributed by atoms with Gasteiger partial charge in [0.2, 0.25) is 10.0 Å². The van der Waals surface area contributed by atoms with E-state index in [-0.39, 0.29) is 29.1 Å². The highest BCUT2D eigenvalue weighted by molar-refractivity contribution is 7.89. The van der Waals surface area contributed by atoms with E-state index in [1.807, 2.05) is 0 Å². The molecule has 1 aromatic rings. The summed E-state index contributed by atoms with van der Waals surface area (Å²) in [6, 6.07) is 3.33. The van der Waals surface area contributed by atoms with Crippen molar-refractivity contribution in [3.8, 4) is 11.8 Å². The van der Waals surface area contributed by atoms with Crippen molar-refractivity contribution in [3.63, 3.8) is 0 Å². The van der Waals surface area contributed by atoms with Crippen LogP contribution in [0.1, 0.15) is 18.9 Å². The molecule has 7 heteroatoms. The van der Waals surface area contributed by atoms with E-state index in [0.717, 1.165) is 6.07 Å². The monoisotopic (exact) mass is 312 g/mol. The maximum atomic E-state index is 13.8. The molecule has 1 fully saturated rings. The van der Waals surface area contributed by atoms with Gasteiger partial charge in [-0.3, -0.25) is 0 Å². The molecular weight excluding hydrogens is 295 g/mol. The number of halogens is 1. The summed E-state index contributed by atoms with van der Waals surface area (Å²) in [7, 11) is -3.78. The van der Waals surface area contributed by atoms with Crippen LogP contribution in [0.5, 0.6) is 0 Å². The van der Waals surface area contributed by atoms with Gasteiger partial charge in [0.25, 0.3) is 0 Å². The minimum absolute atomic E-state index is 0.112. The van der Waals surface area contributed by atoms with Crippen LogP contribution in [0.15, 0.2) is 23.1 Å². The van der Waals surface area contributed by atoms with Gasteiger partial charge in [-0.05, 0) is 31.5 Å². The number of rotatable bonds is 3. The van der Waals surface area contributed by atoms with Crippen LogP contribution in [0.3, 0.4) is 0 Å². The number of ether oxygens (including phenoxy) is 1. The van der Waals surface area contributed by atoms with Crippen LogP contribution in [0.4, 0.5) is 4.39 Å². The Labute approximate surface area is 123 Å². The highest BCUT2D eigenvalue weighted by Crippen LogP contribution is 2.18. The first-order valence-corrected chi connectivity index (χ1v) is 8.05. The van der Waals surface area contributed by atoms with E-state index in [9.17, 15) is 12.8 Å². The smallest absolute Gasteiger partial charge is 0.241 e. The summed E-state index contributed by atoms with van der Waals surface area (Å²) >= 11 is 0. The molecular formula is C14H17FN2O3S. The van der Waals surface area contributed by atoms with Crippen molar-refractivity contribution in [1.82, 2.24) is 4.72 Å². The largest absolute Gasteiger partial charge is 0.377 e. The van der Waals surface area contributed by atoms with Gasteiger partial charge >= 0.3 is 0 Å². The fourth-order valence-electron chi connectivity index (χ4n) is 2.06. The number of sulfonamides is 1. The van der Waals surface area contributed by atoms with Gasteiger partial charge in [0, 0.05) is 6.61 Å². The Balaban J connectivity index is 2.22. The maximum Gasteiger partial charge on any atom is 0.241 e. The quantitative estimate of drug-likeness (QED) is 0.801. The number of hydrogen-bond donors (Lipinski definition) is 2. The molecule has 1 aliphatic heterocycles. The molecule has 2 atom stereocenters. The third-order valence-electron chi connectivity index (χ3n) is 3.26. The average Bonchev–Trinajstić information content (AvgIpc) is 2.82. The second-order valence-corrected chi connectivity index (χ2v) is 6.45. The third-order valence-corrected chi connectivity index (χ3v) is 4.75. The van der Waals surface area contributed by atoms with Crippen molar-refractivity contribution in [2.24, 2.45) is 5.73 Å². The van der Waals surface area contributed by atoms with E-state index >= 15 is 0 Å². The fourth-order valence-corrected chi connectivity index (χ4v) is 3.41. The highest BCUT2D eigenvalue weighted by Gasteiger charge is 2.29. The zero-order chi connectivity index (χ0) is 15.5. The van der Waals surface area contributed by atoms with Crippen LogP contribution in [0.2, 0.25) is 0 Å². The molecule has 5 nitrogen and oxygen atoms in total. The lowest BCUT2D eigenvalue weighted by atomic mass is 10.2. The van der Waals surface area contributed by atoms with Crippen molar-refractivity contribution in [3.05, 3.63) is 29.6 Å². The molecule has 1 aliphatic rings. The molecule has 114 valence electrons. The molecule has 0 radical (unpaired) electrons. The molecule has 1 heterocycles. The SMILES string of the molecule is CC1OCCC1NS(=O)(=O)c1ccc(C#CCN)c(F)c1. The first-order valence-electron chi connectivity index (χ1n) is 6.56. The Morgan fingerprint density at radius 2 is 2.29 bits per heavy atom. The van der Waals surface area contributed by atoms with E-state index in [1.54, 1.807) is 6.92 Å². The lowest BCUT2D eigenvalue weighted by Crippen LogP contribution is -2.39. The molecule has 0 aromatic heterocycles. The molecule has 0 aliphatic carbocycles. The minimum Gasteiger partial charge on any atom is -0.377 e. The first-order chi connectivity index (χ1) is 9.94. The Kier molecular flexibility index (Phi) is 4.96. The summed E-state index contributed by atoms with van der Waals surface area (Å²) in [6.07, 6.45) is 0.405. The molecule has 0 spiro atoms. The van der Waals surface area contributed by atoms with Crippen LogP contribution in [-0.4, -0.2) is 33.7 Å². The topological polar surface area (TPSA) is 81.4 Å². The fraction of sp³-hybridized carbons (Fsp3) is 0.429. The normalized spacial score (nSPS) is 21.9. The van der Waals surface area contributed by atoms with E-state index in [4.69, 9.17) is 10.5 Å². The summed E-state index contributed by atoms with van der Waals surface area (Å²) in [5.41, 5.74) is 5.34.